The number of ether oxygens (including phenoxy) is 1. The second-order valence-corrected chi connectivity index (χ2v) is 6.31. The molecule has 0 radical (unpaired) electrons. The first-order chi connectivity index (χ1) is 6.58. The number of rotatable bonds is 6. The highest BCUT2D eigenvalue weighted by Crippen LogP contribution is 2.19. The van der Waals surface area contributed by atoms with Gasteiger partial charge in [0.25, 0.3) is 0 Å². The van der Waals surface area contributed by atoms with Crippen LogP contribution in [0.4, 0.5) is 0 Å². The minimum atomic E-state index is -1.45. The van der Waals surface area contributed by atoms with Crippen molar-refractivity contribution in [2.75, 3.05) is 13.2 Å². The summed E-state index contributed by atoms with van der Waals surface area (Å²) in [4.78, 5) is 0. The highest BCUT2D eigenvalue weighted by molar-refractivity contribution is 6.44. The minimum Gasteiger partial charge on any atom is -0.394 e. The van der Waals surface area contributed by atoms with Crippen molar-refractivity contribution in [3.63, 3.8) is 0 Å². The van der Waals surface area contributed by atoms with E-state index in [2.05, 4.69) is 27.7 Å². The second-order valence-electron chi connectivity index (χ2n) is 4.44. The summed E-state index contributed by atoms with van der Waals surface area (Å²) in [5.41, 5.74) is 0. The van der Waals surface area contributed by atoms with E-state index in [0.29, 0.717) is 5.92 Å². The predicted molar refractivity (Wildman–Crippen MR) is 58.7 cm³/mol. The Kier molecular flexibility index (Phi) is 5.09. The van der Waals surface area contributed by atoms with E-state index in [4.69, 9.17) is 13.6 Å². The lowest BCUT2D eigenvalue weighted by molar-refractivity contribution is -0.0275. The third kappa shape index (κ3) is 4.55. The van der Waals surface area contributed by atoms with Crippen molar-refractivity contribution in [3.05, 3.63) is 0 Å². The molecule has 14 heavy (non-hydrogen) atoms. The Labute approximate surface area is 88.6 Å². The molecule has 1 aliphatic heterocycles. The maximum Gasteiger partial charge on any atom is 0.322 e. The Morgan fingerprint density at radius 3 is 1.93 bits per heavy atom. The lowest BCUT2D eigenvalue weighted by Crippen LogP contribution is -2.37. The first-order valence-electron chi connectivity index (χ1n) is 5.46. The molecule has 0 spiro atoms. The topological polar surface area (TPSA) is 27.7 Å². The van der Waals surface area contributed by atoms with Gasteiger partial charge in [0.2, 0.25) is 0 Å². The number of hydrogen-bond donors (Lipinski definition) is 0. The molecular formula is C10H22O3Si. The molecule has 1 heterocycles. The fraction of sp³-hybridized carbons (Fsp3) is 1.00. The molecule has 0 atom stereocenters. The summed E-state index contributed by atoms with van der Waals surface area (Å²) in [6.07, 6.45) is 0.567. The summed E-state index contributed by atoms with van der Waals surface area (Å²) in [6.45, 7) is 10.1. The van der Waals surface area contributed by atoms with E-state index in [9.17, 15) is 0 Å². The Bertz CT molecular complexity index is 147. The molecule has 1 saturated heterocycles. The van der Waals surface area contributed by atoms with Crippen LogP contribution in [0.3, 0.4) is 0 Å². The van der Waals surface area contributed by atoms with Crippen molar-refractivity contribution in [1.82, 2.24) is 0 Å². The monoisotopic (exact) mass is 218 g/mol. The number of hydrogen-bond acceptors (Lipinski definition) is 3. The summed E-state index contributed by atoms with van der Waals surface area (Å²) >= 11 is 0. The molecule has 84 valence electrons. The molecule has 0 amide bonds. The van der Waals surface area contributed by atoms with Gasteiger partial charge >= 0.3 is 9.28 Å². The standard InChI is InChI=1S/C10H22O3Si/c1-8(2)12-14(13-9(3)4)7-10-5-11-6-10/h8-10,14H,5-7H2,1-4H3. The lowest BCUT2D eigenvalue weighted by atomic mass is 10.1. The summed E-state index contributed by atoms with van der Waals surface area (Å²) in [5.74, 6) is 0.684. The maximum absolute atomic E-state index is 5.83. The summed E-state index contributed by atoms with van der Waals surface area (Å²) < 4.78 is 16.8. The molecule has 3 nitrogen and oxygen atoms in total. The zero-order chi connectivity index (χ0) is 10.6. The molecule has 1 fully saturated rings. The van der Waals surface area contributed by atoms with E-state index in [1.807, 2.05) is 0 Å². The van der Waals surface area contributed by atoms with Gasteiger partial charge in [0.1, 0.15) is 0 Å². The van der Waals surface area contributed by atoms with E-state index in [0.717, 1.165) is 19.3 Å². The van der Waals surface area contributed by atoms with Gasteiger partial charge in [-0.3, -0.25) is 0 Å². The van der Waals surface area contributed by atoms with Crippen LogP contribution < -0.4 is 0 Å². The normalized spacial score (nSPS) is 18.2. The van der Waals surface area contributed by atoms with E-state index < -0.39 is 9.28 Å². The van der Waals surface area contributed by atoms with Crippen molar-refractivity contribution in [2.24, 2.45) is 5.92 Å². The average Bonchev–Trinajstić information content (AvgIpc) is 1.94. The van der Waals surface area contributed by atoms with Crippen LogP contribution in [0.2, 0.25) is 6.04 Å². The predicted octanol–water partition coefficient (Wildman–Crippen LogP) is 1.70. The third-order valence-corrected chi connectivity index (χ3v) is 4.83. The summed E-state index contributed by atoms with van der Waals surface area (Å²) in [5, 5.41) is 0. The van der Waals surface area contributed by atoms with Gasteiger partial charge in [-0.2, -0.15) is 0 Å². The molecular weight excluding hydrogens is 196 g/mol. The first-order valence-corrected chi connectivity index (χ1v) is 7.22. The van der Waals surface area contributed by atoms with Gasteiger partial charge in [-0.05, 0) is 33.7 Å². The molecule has 0 aliphatic carbocycles. The van der Waals surface area contributed by atoms with Crippen molar-refractivity contribution in [3.8, 4) is 0 Å². The van der Waals surface area contributed by atoms with Crippen LogP contribution in [0.1, 0.15) is 27.7 Å². The van der Waals surface area contributed by atoms with Crippen LogP contribution in [-0.4, -0.2) is 34.7 Å². The van der Waals surface area contributed by atoms with Gasteiger partial charge < -0.3 is 13.6 Å². The minimum absolute atomic E-state index is 0.284. The molecule has 0 aromatic rings. The molecule has 0 saturated carbocycles. The molecule has 0 aromatic heterocycles. The van der Waals surface area contributed by atoms with Gasteiger partial charge in [0, 0.05) is 18.1 Å². The van der Waals surface area contributed by atoms with E-state index in [-0.39, 0.29) is 12.2 Å². The van der Waals surface area contributed by atoms with Gasteiger partial charge in [-0.1, -0.05) is 0 Å². The van der Waals surface area contributed by atoms with Crippen molar-refractivity contribution < 1.29 is 13.6 Å². The zero-order valence-corrected chi connectivity index (χ0v) is 10.8. The smallest absolute Gasteiger partial charge is 0.322 e. The van der Waals surface area contributed by atoms with E-state index in [1.54, 1.807) is 0 Å². The highest BCUT2D eigenvalue weighted by Gasteiger charge is 2.27. The molecule has 0 unspecified atom stereocenters. The summed E-state index contributed by atoms with van der Waals surface area (Å²) in [6, 6.07) is 1.09. The Balaban J connectivity index is 2.26. The molecule has 0 N–H and O–H groups in total. The van der Waals surface area contributed by atoms with Crippen LogP contribution in [-0.2, 0) is 13.6 Å². The van der Waals surface area contributed by atoms with E-state index >= 15 is 0 Å². The van der Waals surface area contributed by atoms with E-state index in [1.165, 1.54) is 0 Å². The van der Waals surface area contributed by atoms with Crippen molar-refractivity contribution >= 4 is 9.28 Å². The second kappa shape index (κ2) is 5.85. The van der Waals surface area contributed by atoms with Crippen LogP contribution in [0.25, 0.3) is 0 Å². The largest absolute Gasteiger partial charge is 0.394 e. The van der Waals surface area contributed by atoms with Crippen molar-refractivity contribution in [1.29, 1.82) is 0 Å². The third-order valence-electron chi connectivity index (χ3n) is 2.08. The highest BCUT2D eigenvalue weighted by atomic mass is 28.3. The van der Waals surface area contributed by atoms with Crippen LogP contribution in [0.5, 0.6) is 0 Å². The first kappa shape index (κ1) is 12.2. The van der Waals surface area contributed by atoms with Gasteiger partial charge in [-0.25, -0.2) is 0 Å². The average molecular weight is 218 g/mol. The molecule has 4 heteroatoms. The lowest BCUT2D eigenvalue weighted by Gasteiger charge is -2.30. The fourth-order valence-corrected chi connectivity index (χ4v) is 3.76. The van der Waals surface area contributed by atoms with Crippen molar-refractivity contribution in [2.45, 2.75) is 45.9 Å². The Hall–Kier alpha value is 0.0969. The Morgan fingerprint density at radius 2 is 1.64 bits per heavy atom. The molecule has 0 aromatic carbocycles. The summed E-state index contributed by atoms with van der Waals surface area (Å²) in [7, 11) is -1.45. The zero-order valence-electron chi connectivity index (χ0n) is 9.66. The maximum atomic E-state index is 5.83. The molecule has 0 bridgehead atoms. The van der Waals surface area contributed by atoms with Gasteiger partial charge in [0.15, 0.2) is 0 Å². The Morgan fingerprint density at radius 1 is 1.14 bits per heavy atom. The van der Waals surface area contributed by atoms with Crippen LogP contribution >= 0.6 is 0 Å². The van der Waals surface area contributed by atoms with Crippen LogP contribution in [0, 0.1) is 5.92 Å². The van der Waals surface area contributed by atoms with Gasteiger partial charge in [0.05, 0.1) is 13.2 Å². The molecule has 1 aliphatic rings. The quantitative estimate of drug-likeness (QED) is 0.635. The van der Waals surface area contributed by atoms with Gasteiger partial charge in [-0.15, -0.1) is 0 Å². The molecule has 1 rings (SSSR count). The fourth-order valence-electron chi connectivity index (χ4n) is 1.44. The SMILES string of the molecule is CC(C)O[SiH](CC1COC1)OC(C)C. The van der Waals surface area contributed by atoms with Crippen LogP contribution in [0.15, 0.2) is 0 Å².